The highest BCUT2D eigenvalue weighted by Gasteiger charge is 2.21. The van der Waals surface area contributed by atoms with Crippen LogP contribution < -0.4 is 10.1 Å². The van der Waals surface area contributed by atoms with Crippen molar-refractivity contribution in [3.8, 4) is 5.88 Å². The second-order valence-electron chi connectivity index (χ2n) is 9.75. The molecule has 2 aromatic heterocycles. The lowest BCUT2D eigenvalue weighted by Crippen LogP contribution is -2.27. The molecular weight excluding hydrogens is 552 g/mol. The number of carbonyl (C=O) groups excluding carboxylic acids is 1. The molecule has 216 valence electrons. The standard InChI is InChI=1S/C27H36N6O5S2/c1-32(2)14-6-18-38-23-13-12-22-26(29-23)39-27(28-22)30-25(34)24(31-33-15-4-5-16-33)20-8-10-21(11-9-20)40(35,36)19-7-17-37-3/h8-13H,4-7,14-19H2,1-3H3,(H,28,30,34)/b31-24+. The number of methoxy groups -OCH3 is 1. The molecule has 3 aromatic rings. The first-order chi connectivity index (χ1) is 19.2. The lowest BCUT2D eigenvalue weighted by atomic mass is 10.1. The lowest BCUT2D eigenvalue weighted by Gasteiger charge is -2.14. The first kappa shape index (κ1) is 29.8. The van der Waals surface area contributed by atoms with Crippen molar-refractivity contribution in [3.05, 3.63) is 42.0 Å². The molecule has 0 bridgehead atoms. The van der Waals surface area contributed by atoms with E-state index in [1.54, 1.807) is 25.3 Å². The zero-order valence-electron chi connectivity index (χ0n) is 23.1. The highest BCUT2D eigenvalue weighted by molar-refractivity contribution is 7.91. The molecule has 1 aromatic carbocycles. The molecule has 1 saturated heterocycles. The van der Waals surface area contributed by atoms with E-state index in [0.29, 0.717) is 46.6 Å². The molecule has 0 saturated carbocycles. The fraction of sp³-hybridized carbons (Fsp3) is 0.481. The van der Waals surface area contributed by atoms with E-state index in [1.165, 1.54) is 23.5 Å². The van der Waals surface area contributed by atoms with E-state index in [-0.39, 0.29) is 16.4 Å². The fourth-order valence-electron chi connectivity index (χ4n) is 4.16. The Balaban J connectivity index is 1.50. The van der Waals surface area contributed by atoms with Crippen molar-refractivity contribution >= 4 is 48.3 Å². The summed E-state index contributed by atoms with van der Waals surface area (Å²) in [6.07, 6.45) is 3.29. The van der Waals surface area contributed by atoms with Crippen LogP contribution in [0.3, 0.4) is 0 Å². The van der Waals surface area contributed by atoms with Crippen LogP contribution >= 0.6 is 11.3 Å². The second-order valence-corrected chi connectivity index (χ2v) is 12.8. The number of aromatic nitrogens is 2. The first-order valence-corrected chi connectivity index (χ1v) is 15.7. The molecule has 1 aliphatic heterocycles. The molecule has 1 aliphatic rings. The number of thiazole rings is 1. The Morgan fingerprint density at radius 1 is 1.07 bits per heavy atom. The van der Waals surface area contributed by atoms with Gasteiger partial charge in [-0.25, -0.2) is 18.4 Å². The Bertz CT molecular complexity index is 1420. The van der Waals surface area contributed by atoms with Crippen LogP contribution in [0.2, 0.25) is 0 Å². The Morgan fingerprint density at radius 2 is 1.82 bits per heavy atom. The third-order valence-electron chi connectivity index (χ3n) is 6.24. The number of hydrazone groups is 1. The highest BCUT2D eigenvalue weighted by Crippen LogP contribution is 2.27. The number of hydrogen-bond acceptors (Lipinski definition) is 11. The zero-order chi connectivity index (χ0) is 28.5. The third-order valence-corrected chi connectivity index (χ3v) is 8.93. The number of anilines is 1. The van der Waals surface area contributed by atoms with Crippen molar-refractivity contribution in [2.75, 3.05) is 65.1 Å². The molecule has 4 rings (SSSR count). The van der Waals surface area contributed by atoms with Gasteiger partial charge >= 0.3 is 0 Å². The van der Waals surface area contributed by atoms with Gasteiger partial charge in [-0.3, -0.25) is 15.1 Å². The summed E-state index contributed by atoms with van der Waals surface area (Å²) in [6, 6.07) is 9.88. The number of hydrogen-bond donors (Lipinski definition) is 1. The minimum atomic E-state index is -3.45. The van der Waals surface area contributed by atoms with Crippen LogP contribution in [-0.2, 0) is 19.4 Å². The molecule has 0 aliphatic carbocycles. The van der Waals surface area contributed by atoms with Crippen molar-refractivity contribution in [2.24, 2.45) is 5.10 Å². The summed E-state index contributed by atoms with van der Waals surface area (Å²) in [7, 11) is 2.12. The number of benzene rings is 1. The molecule has 1 fully saturated rings. The number of nitrogens with zero attached hydrogens (tertiary/aromatic N) is 5. The van der Waals surface area contributed by atoms with E-state index in [9.17, 15) is 13.2 Å². The van der Waals surface area contributed by atoms with Crippen LogP contribution in [0.4, 0.5) is 5.13 Å². The van der Waals surface area contributed by atoms with Crippen LogP contribution in [0.5, 0.6) is 5.88 Å². The van der Waals surface area contributed by atoms with Gasteiger partial charge in [-0.05, 0) is 58.0 Å². The van der Waals surface area contributed by atoms with Crippen molar-refractivity contribution < 1.29 is 22.7 Å². The fourth-order valence-corrected chi connectivity index (χ4v) is 6.26. The van der Waals surface area contributed by atoms with Gasteiger partial charge in [0.2, 0.25) is 5.88 Å². The first-order valence-electron chi connectivity index (χ1n) is 13.3. The predicted molar refractivity (Wildman–Crippen MR) is 157 cm³/mol. The zero-order valence-corrected chi connectivity index (χ0v) is 24.8. The van der Waals surface area contributed by atoms with Crippen molar-refractivity contribution in [1.82, 2.24) is 19.9 Å². The summed E-state index contributed by atoms with van der Waals surface area (Å²) in [4.78, 5) is 25.4. The van der Waals surface area contributed by atoms with Gasteiger partial charge in [-0.2, -0.15) is 5.10 Å². The van der Waals surface area contributed by atoms with E-state index in [4.69, 9.17) is 9.47 Å². The molecule has 0 atom stereocenters. The molecule has 11 nitrogen and oxygen atoms in total. The SMILES string of the molecule is COCCCS(=O)(=O)c1ccc(/C(=N\N2CCCC2)C(=O)Nc2nc3ccc(OCCCN(C)C)nc3s2)cc1. The van der Waals surface area contributed by atoms with Gasteiger partial charge in [0.05, 0.1) is 17.3 Å². The van der Waals surface area contributed by atoms with Gasteiger partial charge in [0.25, 0.3) is 5.91 Å². The smallest absolute Gasteiger partial charge is 0.278 e. The molecule has 1 N–H and O–H groups in total. The summed E-state index contributed by atoms with van der Waals surface area (Å²) in [5, 5.41) is 9.74. The monoisotopic (exact) mass is 588 g/mol. The molecule has 1 amide bonds. The van der Waals surface area contributed by atoms with Crippen molar-refractivity contribution in [2.45, 2.75) is 30.6 Å². The normalized spacial score (nSPS) is 14.3. The van der Waals surface area contributed by atoms with E-state index in [0.717, 1.165) is 38.9 Å². The van der Waals surface area contributed by atoms with E-state index in [1.807, 2.05) is 25.2 Å². The summed E-state index contributed by atoms with van der Waals surface area (Å²) in [6.45, 7) is 3.36. The number of sulfone groups is 1. The van der Waals surface area contributed by atoms with Gasteiger partial charge < -0.3 is 14.4 Å². The molecule has 0 unspecified atom stereocenters. The van der Waals surface area contributed by atoms with Crippen LogP contribution in [0.25, 0.3) is 10.3 Å². The second kappa shape index (κ2) is 14.0. The minimum Gasteiger partial charge on any atom is -0.478 e. The lowest BCUT2D eigenvalue weighted by molar-refractivity contribution is -0.110. The van der Waals surface area contributed by atoms with Gasteiger partial charge in [-0.15, -0.1) is 0 Å². The Kier molecular flexibility index (Phi) is 10.4. The predicted octanol–water partition coefficient (Wildman–Crippen LogP) is 3.27. The average Bonchev–Trinajstić information content (AvgIpc) is 3.59. The van der Waals surface area contributed by atoms with Crippen LogP contribution in [0, 0.1) is 0 Å². The Morgan fingerprint density at radius 3 is 2.52 bits per heavy atom. The molecule has 13 heteroatoms. The molecule has 3 heterocycles. The number of rotatable bonds is 14. The molecule has 0 spiro atoms. The van der Waals surface area contributed by atoms with Crippen molar-refractivity contribution in [3.63, 3.8) is 0 Å². The summed E-state index contributed by atoms with van der Waals surface area (Å²) < 4.78 is 36.0. The third kappa shape index (κ3) is 8.19. The number of amides is 1. The van der Waals surface area contributed by atoms with Gasteiger partial charge in [0.1, 0.15) is 10.3 Å². The maximum Gasteiger partial charge on any atom is 0.278 e. The number of nitrogens with one attached hydrogen (secondary N) is 1. The Labute approximate surface area is 239 Å². The number of pyridine rings is 1. The molecular formula is C27H36N6O5S2. The summed E-state index contributed by atoms with van der Waals surface area (Å²) >= 11 is 1.25. The largest absolute Gasteiger partial charge is 0.478 e. The maximum atomic E-state index is 13.4. The van der Waals surface area contributed by atoms with Crippen molar-refractivity contribution in [1.29, 1.82) is 0 Å². The quantitative estimate of drug-likeness (QED) is 0.223. The highest BCUT2D eigenvalue weighted by atomic mass is 32.2. The van der Waals surface area contributed by atoms with E-state index < -0.39 is 15.7 Å². The molecule has 0 radical (unpaired) electrons. The Hall–Kier alpha value is -3.13. The van der Waals surface area contributed by atoms with Crippen LogP contribution in [-0.4, -0.2) is 99.7 Å². The number of ether oxygens (including phenoxy) is 2. The summed E-state index contributed by atoms with van der Waals surface area (Å²) in [5.74, 6) is 0.0762. The molecule has 40 heavy (non-hydrogen) atoms. The van der Waals surface area contributed by atoms with Crippen LogP contribution in [0.15, 0.2) is 46.4 Å². The van der Waals surface area contributed by atoms with Gasteiger partial charge in [-0.1, -0.05) is 23.5 Å². The minimum absolute atomic E-state index is 0.0100. The van der Waals surface area contributed by atoms with Gasteiger partial charge in [0.15, 0.2) is 20.7 Å². The summed E-state index contributed by atoms with van der Waals surface area (Å²) in [5.41, 5.74) is 1.37. The van der Waals surface area contributed by atoms with E-state index in [2.05, 4.69) is 25.3 Å². The van der Waals surface area contributed by atoms with Gasteiger partial charge in [0, 0.05) is 45.0 Å². The number of fused-ring (bicyclic) bond motifs is 1. The topological polar surface area (TPSA) is 126 Å². The maximum absolute atomic E-state index is 13.4. The average molecular weight is 589 g/mol. The number of carbonyl (C=O) groups is 1. The van der Waals surface area contributed by atoms with E-state index >= 15 is 0 Å². The van der Waals surface area contributed by atoms with Crippen LogP contribution in [0.1, 0.15) is 31.2 Å².